The summed E-state index contributed by atoms with van der Waals surface area (Å²) < 4.78 is 13.6. The van der Waals surface area contributed by atoms with E-state index in [0.717, 1.165) is 41.6 Å². The molecule has 2 aromatic rings. The Hall–Kier alpha value is -1.82. The summed E-state index contributed by atoms with van der Waals surface area (Å²) in [5.41, 5.74) is 3.35. The Balaban J connectivity index is 1.44. The number of aryl methyl sites for hydroxylation is 1. The second kappa shape index (κ2) is 6.59. The van der Waals surface area contributed by atoms with Crippen LogP contribution in [0.5, 0.6) is 5.75 Å². The van der Waals surface area contributed by atoms with Gasteiger partial charge in [0.05, 0.1) is 5.69 Å². The Labute approximate surface area is 146 Å². The molecule has 2 aliphatic heterocycles. The third-order valence-corrected chi connectivity index (χ3v) is 4.81. The van der Waals surface area contributed by atoms with Gasteiger partial charge in [0.25, 0.3) is 0 Å². The van der Waals surface area contributed by atoms with E-state index in [2.05, 4.69) is 16.5 Å². The molecule has 5 nitrogen and oxygen atoms in total. The molecule has 24 heavy (non-hydrogen) atoms. The van der Waals surface area contributed by atoms with Crippen molar-refractivity contribution in [3.05, 3.63) is 52.3 Å². The van der Waals surface area contributed by atoms with Crippen LogP contribution in [0.15, 0.2) is 36.0 Å². The van der Waals surface area contributed by atoms with E-state index in [0.29, 0.717) is 6.61 Å². The van der Waals surface area contributed by atoms with Crippen molar-refractivity contribution in [2.75, 3.05) is 19.8 Å². The lowest BCUT2D eigenvalue weighted by Gasteiger charge is -2.23. The Bertz CT molecular complexity index is 771. The van der Waals surface area contributed by atoms with E-state index in [9.17, 15) is 0 Å². The predicted octanol–water partition coefficient (Wildman–Crippen LogP) is 2.97. The van der Waals surface area contributed by atoms with Gasteiger partial charge in [-0.05, 0) is 42.3 Å². The fraction of sp³-hybridized carbons (Fsp3) is 0.389. The molecule has 6 heteroatoms. The maximum atomic E-state index is 6.07. The molecule has 0 aliphatic carbocycles. The summed E-state index contributed by atoms with van der Waals surface area (Å²) in [5.74, 6) is 0.889. The van der Waals surface area contributed by atoms with Crippen molar-refractivity contribution >= 4 is 17.7 Å². The Kier molecular flexibility index (Phi) is 4.31. The first-order valence-electron chi connectivity index (χ1n) is 8.15. The topological polar surface area (TPSA) is 48.3 Å². The molecule has 0 saturated carbocycles. The van der Waals surface area contributed by atoms with Gasteiger partial charge in [0, 0.05) is 43.0 Å². The van der Waals surface area contributed by atoms with Gasteiger partial charge < -0.3 is 14.8 Å². The highest BCUT2D eigenvalue weighted by Gasteiger charge is 2.31. The van der Waals surface area contributed by atoms with Gasteiger partial charge in [-0.3, -0.25) is 4.68 Å². The second-order valence-electron chi connectivity index (χ2n) is 6.22. The van der Waals surface area contributed by atoms with Gasteiger partial charge in [0.1, 0.15) is 18.5 Å². The second-order valence-corrected chi connectivity index (χ2v) is 6.66. The molecular weight excluding hydrogens is 326 g/mol. The maximum Gasteiger partial charge on any atom is 0.127 e. The highest BCUT2D eigenvalue weighted by atomic mass is 35.5. The summed E-state index contributed by atoms with van der Waals surface area (Å²) >= 11 is 6.07. The van der Waals surface area contributed by atoms with Gasteiger partial charge in [0.2, 0.25) is 0 Å². The highest BCUT2D eigenvalue weighted by Crippen LogP contribution is 2.31. The van der Waals surface area contributed by atoms with Crippen molar-refractivity contribution < 1.29 is 9.47 Å². The molecule has 0 bridgehead atoms. The average molecular weight is 346 g/mol. The van der Waals surface area contributed by atoms with Crippen LogP contribution in [-0.4, -0.2) is 35.6 Å². The molecule has 1 aromatic heterocycles. The van der Waals surface area contributed by atoms with Gasteiger partial charge in [-0.15, -0.1) is 0 Å². The van der Waals surface area contributed by atoms with E-state index in [4.69, 9.17) is 21.1 Å². The van der Waals surface area contributed by atoms with Crippen LogP contribution in [-0.2, 0) is 11.8 Å². The van der Waals surface area contributed by atoms with E-state index in [1.807, 2.05) is 42.2 Å². The highest BCUT2D eigenvalue weighted by molar-refractivity contribution is 6.30. The molecule has 1 N–H and O–H groups in total. The van der Waals surface area contributed by atoms with Crippen LogP contribution in [0.4, 0.5) is 0 Å². The summed E-state index contributed by atoms with van der Waals surface area (Å²) in [5, 5.41) is 8.58. The van der Waals surface area contributed by atoms with Crippen molar-refractivity contribution in [2.24, 2.45) is 7.05 Å². The Morgan fingerprint density at radius 2 is 2.29 bits per heavy atom. The lowest BCUT2D eigenvalue weighted by atomic mass is 10.0. The Morgan fingerprint density at radius 3 is 3.12 bits per heavy atom. The van der Waals surface area contributed by atoms with Crippen LogP contribution in [0.3, 0.4) is 0 Å². The summed E-state index contributed by atoms with van der Waals surface area (Å²) in [6, 6.07) is 8.01. The number of hydrogen-bond donors (Lipinski definition) is 1. The molecule has 3 heterocycles. The van der Waals surface area contributed by atoms with E-state index in [-0.39, 0.29) is 12.1 Å². The number of ether oxygens (including phenoxy) is 2. The van der Waals surface area contributed by atoms with E-state index >= 15 is 0 Å². The quantitative estimate of drug-likeness (QED) is 0.925. The van der Waals surface area contributed by atoms with Gasteiger partial charge in [-0.1, -0.05) is 11.6 Å². The van der Waals surface area contributed by atoms with Crippen LogP contribution in [0.1, 0.15) is 23.8 Å². The van der Waals surface area contributed by atoms with Gasteiger partial charge in [0.15, 0.2) is 0 Å². The smallest absolute Gasteiger partial charge is 0.127 e. The minimum absolute atomic E-state index is 0.0457. The number of aromatic nitrogens is 2. The summed E-state index contributed by atoms with van der Waals surface area (Å²) in [6.07, 6.45) is 5.01. The molecule has 0 unspecified atom stereocenters. The van der Waals surface area contributed by atoms with Crippen LogP contribution in [0.2, 0.25) is 5.02 Å². The number of nitrogens with one attached hydrogen (secondary N) is 1. The summed E-state index contributed by atoms with van der Waals surface area (Å²) in [7, 11) is 1.95. The molecule has 2 atom stereocenters. The van der Waals surface area contributed by atoms with Crippen LogP contribution < -0.4 is 10.1 Å². The fourth-order valence-electron chi connectivity index (χ4n) is 3.31. The zero-order chi connectivity index (χ0) is 16.5. The molecular formula is C18H20ClN3O2. The minimum Gasteiger partial charge on any atom is -0.489 e. The largest absolute Gasteiger partial charge is 0.489 e. The van der Waals surface area contributed by atoms with Crippen molar-refractivity contribution in [3.8, 4) is 5.75 Å². The molecule has 126 valence electrons. The summed E-state index contributed by atoms with van der Waals surface area (Å²) in [4.78, 5) is 0. The first-order valence-corrected chi connectivity index (χ1v) is 8.53. The molecule has 4 rings (SSSR count). The first-order chi connectivity index (χ1) is 11.7. The molecule has 0 radical (unpaired) electrons. The molecule has 2 aliphatic rings. The molecule has 1 saturated heterocycles. The summed E-state index contributed by atoms with van der Waals surface area (Å²) in [6.45, 7) is 2.14. The number of hydrogen-bond acceptors (Lipinski definition) is 4. The van der Waals surface area contributed by atoms with E-state index < -0.39 is 0 Å². The van der Waals surface area contributed by atoms with Crippen molar-refractivity contribution in [2.45, 2.75) is 18.6 Å². The van der Waals surface area contributed by atoms with Crippen molar-refractivity contribution in [3.63, 3.8) is 0 Å². The van der Waals surface area contributed by atoms with Gasteiger partial charge in [-0.25, -0.2) is 0 Å². The molecule has 1 aromatic carbocycles. The van der Waals surface area contributed by atoms with E-state index in [1.54, 1.807) is 0 Å². The number of benzene rings is 1. The number of rotatable bonds is 4. The Morgan fingerprint density at radius 1 is 1.38 bits per heavy atom. The normalized spacial score (nSPS) is 22.8. The van der Waals surface area contributed by atoms with Crippen LogP contribution in [0, 0.1) is 0 Å². The van der Waals surface area contributed by atoms with Crippen molar-refractivity contribution in [1.82, 2.24) is 15.1 Å². The fourth-order valence-corrected chi connectivity index (χ4v) is 3.49. The SMILES string of the molecule is Cn1nccc1[C@H]1OCC[C@@H]1NCC1=Cc2cc(Cl)ccc2OC1. The average Bonchev–Trinajstić information content (AvgIpc) is 3.20. The third kappa shape index (κ3) is 3.07. The third-order valence-electron chi connectivity index (χ3n) is 4.58. The maximum absolute atomic E-state index is 6.07. The van der Waals surface area contributed by atoms with Gasteiger partial charge >= 0.3 is 0 Å². The molecule has 1 fully saturated rings. The van der Waals surface area contributed by atoms with Crippen LogP contribution >= 0.6 is 11.6 Å². The molecule has 0 amide bonds. The lowest BCUT2D eigenvalue weighted by Crippen LogP contribution is -2.35. The molecule has 0 spiro atoms. The number of nitrogens with zero attached hydrogens (tertiary/aromatic N) is 2. The zero-order valence-corrected chi connectivity index (χ0v) is 14.3. The standard InChI is InChI=1S/C18H20ClN3O2/c1-22-16(4-6-21-22)18-15(5-7-23-18)20-10-12-8-13-9-14(19)2-3-17(13)24-11-12/h2-4,6,8-9,15,18,20H,5,7,10-11H2,1H3/t15-,18-/m0/s1. The number of halogens is 1. The van der Waals surface area contributed by atoms with E-state index in [1.165, 1.54) is 5.57 Å². The first kappa shape index (κ1) is 15.7. The zero-order valence-electron chi connectivity index (χ0n) is 13.5. The van der Waals surface area contributed by atoms with Crippen LogP contribution in [0.25, 0.3) is 6.08 Å². The monoisotopic (exact) mass is 345 g/mol. The minimum atomic E-state index is 0.0457. The van der Waals surface area contributed by atoms with Gasteiger partial charge in [-0.2, -0.15) is 5.10 Å². The van der Waals surface area contributed by atoms with Crippen molar-refractivity contribution in [1.29, 1.82) is 0 Å². The predicted molar refractivity (Wildman–Crippen MR) is 93.2 cm³/mol. The lowest BCUT2D eigenvalue weighted by molar-refractivity contribution is 0.0926. The number of fused-ring (bicyclic) bond motifs is 1.